The molecule has 2 rings (SSSR count). The first kappa shape index (κ1) is 17.2. The van der Waals surface area contributed by atoms with Crippen molar-refractivity contribution in [2.75, 3.05) is 11.8 Å². The van der Waals surface area contributed by atoms with Crippen LogP contribution in [-0.2, 0) is 15.4 Å². The van der Waals surface area contributed by atoms with Crippen LogP contribution in [0.25, 0.3) is 0 Å². The van der Waals surface area contributed by atoms with Crippen molar-refractivity contribution >= 4 is 16.0 Å². The third-order valence-electron chi connectivity index (χ3n) is 3.39. The van der Waals surface area contributed by atoms with Crippen LogP contribution in [0.15, 0.2) is 35.5 Å². The standard InChI is InChI=1S/C16H21N3O3S/c1-11-9-13(22-5)12(16(2,3)4)10-14(11)23(20,21)19-15-17-7-6-8-18-15/h6-10H,1-5H3,(H,17,18,19). The number of benzene rings is 1. The van der Waals surface area contributed by atoms with Crippen LogP contribution in [0, 0.1) is 6.92 Å². The Labute approximate surface area is 137 Å². The van der Waals surface area contributed by atoms with Crippen LogP contribution in [0.5, 0.6) is 5.75 Å². The minimum Gasteiger partial charge on any atom is -0.496 e. The van der Waals surface area contributed by atoms with E-state index in [0.717, 1.165) is 5.56 Å². The number of sulfonamides is 1. The highest BCUT2D eigenvalue weighted by Gasteiger charge is 2.25. The third-order valence-corrected chi connectivity index (χ3v) is 4.86. The molecule has 0 spiro atoms. The molecule has 7 heteroatoms. The molecule has 124 valence electrons. The van der Waals surface area contributed by atoms with E-state index in [9.17, 15) is 8.42 Å². The van der Waals surface area contributed by atoms with Crippen LogP contribution in [0.3, 0.4) is 0 Å². The summed E-state index contributed by atoms with van der Waals surface area (Å²) in [7, 11) is -2.20. The average molecular weight is 335 g/mol. The number of aryl methyl sites for hydroxylation is 1. The van der Waals surface area contributed by atoms with Gasteiger partial charge in [0.25, 0.3) is 10.0 Å². The average Bonchev–Trinajstić information content (AvgIpc) is 2.45. The normalized spacial score (nSPS) is 12.0. The van der Waals surface area contributed by atoms with Crippen molar-refractivity contribution in [3.05, 3.63) is 41.7 Å². The van der Waals surface area contributed by atoms with E-state index in [2.05, 4.69) is 14.7 Å². The maximum absolute atomic E-state index is 12.7. The molecule has 2 aromatic rings. The number of aromatic nitrogens is 2. The number of ether oxygens (including phenoxy) is 1. The summed E-state index contributed by atoms with van der Waals surface area (Å²) in [5.74, 6) is 0.713. The Kier molecular flexibility index (Phi) is 4.61. The van der Waals surface area contributed by atoms with Gasteiger partial charge in [-0.25, -0.2) is 23.1 Å². The molecule has 0 bridgehead atoms. The highest BCUT2D eigenvalue weighted by Crippen LogP contribution is 2.35. The van der Waals surface area contributed by atoms with E-state index >= 15 is 0 Å². The fraction of sp³-hybridized carbons (Fsp3) is 0.375. The van der Waals surface area contributed by atoms with Gasteiger partial charge < -0.3 is 4.74 Å². The van der Waals surface area contributed by atoms with Gasteiger partial charge in [0.1, 0.15) is 5.75 Å². The molecule has 0 atom stereocenters. The van der Waals surface area contributed by atoms with Gasteiger partial charge in [0.05, 0.1) is 12.0 Å². The summed E-state index contributed by atoms with van der Waals surface area (Å²) >= 11 is 0. The van der Waals surface area contributed by atoms with Crippen LogP contribution < -0.4 is 9.46 Å². The maximum atomic E-state index is 12.7. The van der Waals surface area contributed by atoms with Gasteiger partial charge in [-0.3, -0.25) is 0 Å². The number of nitrogens with one attached hydrogen (secondary N) is 1. The lowest BCUT2D eigenvalue weighted by Gasteiger charge is -2.24. The van der Waals surface area contributed by atoms with Crippen LogP contribution in [-0.4, -0.2) is 25.5 Å². The highest BCUT2D eigenvalue weighted by atomic mass is 32.2. The molecule has 1 N–H and O–H groups in total. The Morgan fingerprint density at radius 3 is 2.26 bits per heavy atom. The van der Waals surface area contributed by atoms with Gasteiger partial charge in [-0.1, -0.05) is 20.8 Å². The molecule has 6 nitrogen and oxygen atoms in total. The Morgan fingerprint density at radius 1 is 1.13 bits per heavy atom. The summed E-state index contributed by atoms with van der Waals surface area (Å²) < 4.78 is 33.1. The third kappa shape index (κ3) is 3.79. The molecular formula is C16H21N3O3S. The monoisotopic (exact) mass is 335 g/mol. The number of nitrogens with zero attached hydrogens (tertiary/aromatic N) is 2. The second-order valence-corrected chi connectivity index (χ2v) is 7.90. The zero-order valence-electron chi connectivity index (χ0n) is 13.9. The van der Waals surface area contributed by atoms with Crippen molar-refractivity contribution in [1.29, 1.82) is 0 Å². The summed E-state index contributed by atoms with van der Waals surface area (Å²) in [6, 6.07) is 5.01. The van der Waals surface area contributed by atoms with Crippen molar-refractivity contribution in [2.24, 2.45) is 0 Å². The predicted octanol–water partition coefficient (Wildman–Crippen LogP) is 2.89. The molecule has 1 heterocycles. The number of methoxy groups -OCH3 is 1. The van der Waals surface area contributed by atoms with Crippen LogP contribution in [0.2, 0.25) is 0 Å². The van der Waals surface area contributed by atoms with E-state index in [1.807, 2.05) is 20.8 Å². The Hall–Kier alpha value is -2.15. The second-order valence-electron chi connectivity index (χ2n) is 6.25. The van der Waals surface area contributed by atoms with Gasteiger partial charge in [-0.05, 0) is 36.1 Å². The SMILES string of the molecule is COc1cc(C)c(S(=O)(=O)Nc2ncccn2)cc1C(C)(C)C. The quantitative estimate of drug-likeness (QED) is 0.929. The summed E-state index contributed by atoms with van der Waals surface area (Å²) in [6.07, 6.45) is 2.96. The fourth-order valence-corrected chi connectivity index (χ4v) is 3.44. The van der Waals surface area contributed by atoms with E-state index in [0.29, 0.717) is 11.3 Å². The Balaban J connectivity index is 2.54. The molecule has 0 fully saturated rings. The lowest BCUT2D eigenvalue weighted by atomic mass is 9.86. The zero-order valence-corrected chi connectivity index (χ0v) is 14.7. The molecule has 23 heavy (non-hydrogen) atoms. The number of hydrogen-bond donors (Lipinski definition) is 1. The van der Waals surface area contributed by atoms with Crippen molar-refractivity contribution in [3.63, 3.8) is 0 Å². The van der Waals surface area contributed by atoms with Gasteiger partial charge in [-0.2, -0.15) is 0 Å². The topological polar surface area (TPSA) is 81.2 Å². The molecule has 0 unspecified atom stereocenters. The molecule has 0 radical (unpaired) electrons. The Morgan fingerprint density at radius 2 is 1.74 bits per heavy atom. The summed E-state index contributed by atoms with van der Waals surface area (Å²) in [5.41, 5.74) is 1.16. The summed E-state index contributed by atoms with van der Waals surface area (Å²) in [4.78, 5) is 7.99. The largest absolute Gasteiger partial charge is 0.496 e. The minimum absolute atomic E-state index is 0.0417. The molecule has 0 saturated heterocycles. The molecule has 0 aliphatic rings. The molecule has 0 amide bonds. The molecule has 1 aromatic carbocycles. The predicted molar refractivity (Wildman–Crippen MR) is 89.3 cm³/mol. The lowest BCUT2D eigenvalue weighted by Crippen LogP contribution is -2.19. The summed E-state index contributed by atoms with van der Waals surface area (Å²) in [6.45, 7) is 7.74. The van der Waals surface area contributed by atoms with Crippen LogP contribution in [0.4, 0.5) is 5.95 Å². The fourth-order valence-electron chi connectivity index (χ4n) is 2.23. The first-order valence-corrected chi connectivity index (χ1v) is 8.62. The van der Waals surface area contributed by atoms with Gasteiger partial charge in [-0.15, -0.1) is 0 Å². The molecule has 0 aliphatic carbocycles. The minimum atomic E-state index is -3.78. The molecule has 0 aliphatic heterocycles. The first-order chi connectivity index (χ1) is 10.6. The van der Waals surface area contributed by atoms with Crippen LogP contribution in [0.1, 0.15) is 31.9 Å². The number of rotatable bonds is 4. The van der Waals surface area contributed by atoms with E-state index in [1.54, 1.807) is 32.2 Å². The van der Waals surface area contributed by atoms with Crippen molar-refractivity contribution in [1.82, 2.24) is 9.97 Å². The van der Waals surface area contributed by atoms with E-state index in [4.69, 9.17) is 4.74 Å². The van der Waals surface area contributed by atoms with E-state index in [1.165, 1.54) is 12.4 Å². The van der Waals surface area contributed by atoms with Gasteiger partial charge in [0.15, 0.2) is 0 Å². The molecule has 1 aromatic heterocycles. The van der Waals surface area contributed by atoms with E-state index < -0.39 is 10.0 Å². The maximum Gasteiger partial charge on any atom is 0.264 e. The highest BCUT2D eigenvalue weighted by molar-refractivity contribution is 7.92. The first-order valence-electron chi connectivity index (χ1n) is 7.14. The lowest BCUT2D eigenvalue weighted by molar-refractivity contribution is 0.396. The second kappa shape index (κ2) is 6.16. The van der Waals surface area contributed by atoms with Crippen molar-refractivity contribution in [3.8, 4) is 5.75 Å². The van der Waals surface area contributed by atoms with Gasteiger partial charge in [0, 0.05) is 18.0 Å². The van der Waals surface area contributed by atoms with Crippen molar-refractivity contribution < 1.29 is 13.2 Å². The van der Waals surface area contributed by atoms with Crippen molar-refractivity contribution in [2.45, 2.75) is 38.0 Å². The zero-order chi connectivity index (χ0) is 17.3. The number of anilines is 1. The van der Waals surface area contributed by atoms with Gasteiger partial charge >= 0.3 is 0 Å². The smallest absolute Gasteiger partial charge is 0.264 e. The number of hydrogen-bond acceptors (Lipinski definition) is 5. The molecule has 0 saturated carbocycles. The Bertz CT molecular complexity index is 797. The van der Waals surface area contributed by atoms with Crippen LogP contribution >= 0.6 is 0 Å². The van der Waals surface area contributed by atoms with Gasteiger partial charge in [0.2, 0.25) is 5.95 Å². The van der Waals surface area contributed by atoms with E-state index in [-0.39, 0.29) is 16.3 Å². The molecular weight excluding hydrogens is 314 g/mol. The summed E-state index contributed by atoms with van der Waals surface area (Å²) in [5, 5.41) is 0.